The van der Waals surface area contributed by atoms with Crippen LogP contribution in [-0.4, -0.2) is 5.78 Å². The number of rotatable bonds is 0. The van der Waals surface area contributed by atoms with Crippen LogP contribution < -0.4 is 0 Å². The van der Waals surface area contributed by atoms with Gasteiger partial charge in [0.1, 0.15) is 0 Å². The van der Waals surface area contributed by atoms with Gasteiger partial charge in [-0.05, 0) is 68.8 Å². The molecule has 118 valence electrons. The number of carbonyl (C=O) groups is 1. The summed E-state index contributed by atoms with van der Waals surface area (Å²) in [6.45, 7) is 7.14. The molecule has 0 heterocycles. The normalized spacial score (nSPS) is 45.8. The SMILES string of the molecule is CC=C1CC[C@H]2[C@@H]3CCC4=CC(=O)CC[C@]4(C)C3=CC[C@]12C. The van der Waals surface area contributed by atoms with Crippen molar-refractivity contribution in [2.24, 2.45) is 22.7 Å². The smallest absolute Gasteiger partial charge is 0.155 e. The van der Waals surface area contributed by atoms with Crippen LogP contribution in [-0.2, 0) is 4.79 Å². The Morgan fingerprint density at radius 3 is 2.77 bits per heavy atom. The summed E-state index contributed by atoms with van der Waals surface area (Å²) in [4.78, 5) is 11.8. The minimum atomic E-state index is 0.191. The molecule has 1 heteroatoms. The molecule has 0 aromatic heterocycles. The highest BCUT2D eigenvalue weighted by atomic mass is 16.1. The molecule has 4 rings (SSSR count). The van der Waals surface area contributed by atoms with E-state index in [2.05, 4.69) is 32.9 Å². The summed E-state index contributed by atoms with van der Waals surface area (Å²) < 4.78 is 0. The molecule has 0 spiro atoms. The summed E-state index contributed by atoms with van der Waals surface area (Å²) >= 11 is 0. The van der Waals surface area contributed by atoms with E-state index in [0.29, 0.717) is 11.2 Å². The van der Waals surface area contributed by atoms with Gasteiger partial charge in [0, 0.05) is 11.8 Å². The van der Waals surface area contributed by atoms with Crippen LogP contribution in [0.3, 0.4) is 0 Å². The number of ketones is 1. The second-order valence-corrected chi connectivity index (χ2v) is 8.35. The summed E-state index contributed by atoms with van der Waals surface area (Å²) in [5, 5.41) is 0. The maximum atomic E-state index is 11.8. The van der Waals surface area contributed by atoms with Gasteiger partial charge in [-0.1, -0.05) is 42.7 Å². The molecule has 4 atom stereocenters. The number of hydrogen-bond donors (Lipinski definition) is 0. The van der Waals surface area contributed by atoms with E-state index >= 15 is 0 Å². The summed E-state index contributed by atoms with van der Waals surface area (Å²) in [5.41, 5.74) is 5.41. The largest absolute Gasteiger partial charge is 0.295 e. The third-order valence-electron chi connectivity index (χ3n) is 7.53. The minimum absolute atomic E-state index is 0.191. The van der Waals surface area contributed by atoms with Crippen molar-refractivity contribution in [1.29, 1.82) is 0 Å². The van der Waals surface area contributed by atoms with E-state index < -0.39 is 0 Å². The fourth-order valence-corrected chi connectivity index (χ4v) is 6.18. The third-order valence-corrected chi connectivity index (χ3v) is 7.53. The Labute approximate surface area is 134 Å². The lowest BCUT2D eigenvalue weighted by molar-refractivity contribution is -0.115. The Hall–Kier alpha value is -1.11. The molecule has 0 amide bonds. The van der Waals surface area contributed by atoms with Crippen molar-refractivity contribution in [3.63, 3.8) is 0 Å². The highest BCUT2D eigenvalue weighted by molar-refractivity contribution is 5.92. The topological polar surface area (TPSA) is 17.1 Å². The van der Waals surface area contributed by atoms with Gasteiger partial charge in [-0.2, -0.15) is 0 Å². The highest BCUT2D eigenvalue weighted by Crippen LogP contribution is 2.64. The molecule has 0 bridgehead atoms. The third kappa shape index (κ3) is 1.74. The summed E-state index contributed by atoms with van der Waals surface area (Å²) in [7, 11) is 0. The fourth-order valence-electron chi connectivity index (χ4n) is 6.18. The van der Waals surface area contributed by atoms with Gasteiger partial charge in [-0.3, -0.25) is 4.79 Å². The van der Waals surface area contributed by atoms with Gasteiger partial charge in [0.05, 0.1) is 0 Å². The maximum Gasteiger partial charge on any atom is 0.155 e. The van der Waals surface area contributed by atoms with Gasteiger partial charge in [0.25, 0.3) is 0 Å². The molecule has 0 saturated heterocycles. The number of fused-ring (bicyclic) bond motifs is 5. The van der Waals surface area contributed by atoms with Crippen LogP contribution in [0.15, 0.2) is 34.9 Å². The first kappa shape index (κ1) is 14.5. The van der Waals surface area contributed by atoms with Gasteiger partial charge < -0.3 is 0 Å². The first-order chi connectivity index (χ1) is 10.5. The zero-order chi connectivity index (χ0) is 15.5. The average Bonchev–Trinajstić information content (AvgIpc) is 2.84. The molecule has 4 aliphatic carbocycles. The molecule has 0 N–H and O–H groups in total. The minimum Gasteiger partial charge on any atom is -0.295 e. The van der Waals surface area contributed by atoms with Crippen molar-refractivity contribution in [2.75, 3.05) is 0 Å². The predicted molar refractivity (Wildman–Crippen MR) is 90.4 cm³/mol. The first-order valence-electron chi connectivity index (χ1n) is 9.09. The van der Waals surface area contributed by atoms with Gasteiger partial charge in [0.15, 0.2) is 5.78 Å². The Kier molecular flexibility index (Phi) is 3.09. The van der Waals surface area contributed by atoms with Gasteiger partial charge >= 0.3 is 0 Å². The van der Waals surface area contributed by atoms with E-state index in [1.807, 2.05) is 6.08 Å². The van der Waals surface area contributed by atoms with Crippen molar-refractivity contribution in [1.82, 2.24) is 0 Å². The number of carbonyl (C=O) groups excluding carboxylic acids is 1. The van der Waals surface area contributed by atoms with Crippen LogP contribution in [0.1, 0.15) is 65.7 Å². The molecule has 4 aliphatic rings. The molecule has 0 aliphatic heterocycles. The Balaban J connectivity index is 1.77. The average molecular weight is 296 g/mol. The van der Waals surface area contributed by atoms with Crippen LogP contribution in [0.2, 0.25) is 0 Å². The van der Waals surface area contributed by atoms with E-state index in [0.717, 1.165) is 31.1 Å². The standard InChI is InChI=1S/C21H28O/c1-4-14-6-8-18-17-7-5-15-13-16(22)9-11-21(15,3)19(17)10-12-20(14,18)2/h4,10,13,17-18H,5-9,11-12H2,1-3H3/t17-,18-,20+,21-/m0/s1. The molecule has 0 aromatic carbocycles. The Morgan fingerprint density at radius 2 is 2.00 bits per heavy atom. The first-order valence-corrected chi connectivity index (χ1v) is 9.09. The maximum absolute atomic E-state index is 11.8. The molecule has 2 fully saturated rings. The number of allylic oxidation sites excluding steroid dienone is 6. The molecule has 2 saturated carbocycles. The lowest BCUT2D eigenvalue weighted by Crippen LogP contribution is -2.43. The van der Waals surface area contributed by atoms with Crippen LogP contribution in [0.25, 0.3) is 0 Å². The Morgan fingerprint density at radius 1 is 1.18 bits per heavy atom. The van der Waals surface area contributed by atoms with Crippen LogP contribution in [0.5, 0.6) is 0 Å². The van der Waals surface area contributed by atoms with E-state index in [4.69, 9.17) is 0 Å². The molecule has 0 aromatic rings. The van der Waals surface area contributed by atoms with Crippen LogP contribution in [0.4, 0.5) is 0 Å². The van der Waals surface area contributed by atoms with Crippen molar-refractivity contribution in [3.05, 3.63) is 34.9 Å². The lowest BCUT2D eigenvalue weighted by Gasteiger charge is -2.52. The monoisotopic (exact) mass is 296 g/mol. The van der Waals surface area contributed by atoms with E-state index in [1.54, 1.807) is 11.1 Å². The zero-order valence-corrected chi connectivity index (χ0v) is 14.2. The van der Waals surface area contributed by atoms with Crippen molar-refractivity contribution >= 4 is 5.78 Å². The van der Waals surface area contributed by atoms with Gasteiger partial charge in [0.2, 0.25) is 0 Å². The highest BCUT2D eigenvalue weighted by Gasteiger charge is 2.53. The molecule has 0 radical (unpaired) electrons. The van der Waals surface area contributed by atoms with E-state index in [-0.39, 0.29) is 5.41 Å². The zero-order valence-electron chi connectivity index (χ0n) is 14.2. The summed E-state index contributed by atoms with van der Waals surface area (Å²) in [6.07, 6.45) is 15.0. The van der Waals surface area contributed by atoms with Crippen molar-refractivity contribution < 1.29 is 4.79 Å². The van der Waals surface area contributed by atoms with E-state index in [9.17, 15) is 4.79 Å². The second-order valence-electron chi connectivity index (χ2n) is 8.35. The van der Waals surface area contributed by atoms with Gasteiger partial charge in [-0.15, -0.1) is 0 Å². The van der Waals surface area contributed by atoms with E-state index in [1.165, 1.54) is 31.3 Å². The van der Waals surface area contributed by atoms with Crippen molar-refractivity contribution in [3.8, 4) is 0 Å². The molecule has 0 unspecified atom stereocenters. The van der Waals surface area contributed by atoms with Crippen molar-refractivity contribution in [2.45, 2.75) is 65.7 Å². The fraction of sp³-hybridized carbons (Fsp3) is 0.667. The summed E-state index contributed by atoms with van der Waals surface area (Å²) in [6, 6.07) is 0. The number of hydrogen-bond acceptors (Lipinski definition) is 1. The molecular formula is C21H28O. The summed E-state index contributed by atoms with van der Waals surface area (Å²) in [5.74, 6) is 1.94. The van der Waals surface area contributed by atoms with Gasteiger partial charge in [-0.25, -0.2) is 0 Å². The van der Waals surface area contributed by atoms with Crippen LogP contribution in [0, 0.1) is 22.7 Å². The lowest BCUT2D eigenvalue weighted by atomic mass is 9.52. The molecule has 1 nitrogen and oxygen atoms in total. The quantitative estimate of drug-likeness (QED) is 0.548. The Bertz CT molecular complexity index is 620. The predicted octanol–water partition coefficient (Wildman–Crippen LogP) is 5.38. The second kappa shape index (κ2) is 4.69. The molecule has 22 heavy (non-hydrogen) atoms. The molecular weight excluding hydrogens is 268 g/mol. The van der Waals surface area contributed by atoms with Crippen LogP contribution >= 0.6 is 0 Å².